The number of hydrogen-bond donors (Lipinski definition) is 2. The molecule has 0 spiro atoms. The fourth-order valence-corrected chi connectivity index (χ4v) is 3.34. The fourth-order valence-electron chi connectivity index (χ4n) is 3.34. The van der Waals surface area contributed by atoms with E-state index in [0.717, 1.165) is 22.0 Å². The van der Waals surface area contributed by atoms with E-state index in [4.69, 9.17) is 14.2 Å². The van der Waals surface area contributed by atoms with Crippen molar-refractivity contribution in [3.05, 3.63) is 48.3 Å². The predicted molar refractivity (Wildman–Crippen MR) is 107 cm³/mol. The molecule has 2 aromatic carbocycles. The number of benzene rings is 2. The Bertz CT molecular complexity index is 1160. The molecular formula is C21H20FN3O4. The number of rotatable bonds is 6. The number of H-pyrrole nitrogens is 1. The van der Waals surface area contributed by atoms with Gasteiger partial charge >= 0.3 is 5.97 Å². The zero-order chi connectivity index (χ0) is 20.5. The van der Waals surface area contributed by atoms with Gasteiger partial charge in [-0.3, -0.25) is 9.89 Å². The third-order valence-corrected chi connectivity index (χ3v) is 4.65. The molecule has 0 bridgehead atoms. The molecule has 1 aliphatic heterocycles. The largest absolute Gasteiger partial charge is 0.493 e. The number of nitrogens with zero attached hydrogens (tertiary/aromatic N) is 1. The molecule has 0 unspecified atom stereocenters. The average molecular weight is 397 g/mol. The van der Waals surface area contributed by atoms with E-state index in [0.29, 0.717) is 23.0 Å². The average Bonchev–Trinajstić information content (AvgIpc) is 3.21. The molecule has 0 radical (unpaired) electrons. The van der Waals surface area contributed by atoms with Gasteiger partial charge in [0.05, 0.1) is 19.9 Å². The van der Waals surface area contributed by atoms with E-state index in [2.05, 4.69) is 10.4 Å². The number of esters is 1. The number of aromatic nitrogens is 2. The highest BCUT2D eigenvalue weighted by atomic mass is 19.1. The summed E-state index contributed by atoms with van der Waals surface area (Å²) in [4.78, 5) is 11.3. The van der Waals surface area contributed by atoms with Gasteiger partial charge in [-0.25, -0.2) is 9.07 Å². The Morgan fingerprint density at radius 3 is 2.59 bits per heavy atom. The highest BCUT2D eigenvalue weighted by Crippen LogP contribution is 2.43. The van der Waals surface area contributed by atoms with Crippen LogP contribution in [0.15, 0.2) is 42.5 Å². The lowest BCUT2D eigenvalue weighted by atomic mass is 10.2. The van der Waals surface area contributed by atoms with Crippen molar-refractivity contribution in [2.45, 2.75) is 13.7 Å². The van der Waals surface area contributed by atoms with Gasteiger partial charge in [0, 0.05) is 23.6 Å². The normalized spacial score (nSPS) is 11.0. The van der Waals surface area contributed by atoms with Crippen molar-refractivity contribution < 1.29 is 23.4 Å². The molecule has 1 aliphatic carbocycles. The number of hydrogen-bond acceptors (Lipinski definition) is 5. The molecule has 7 nitrogen and oxygen atoms in total. The van der Waals surface area contributed by atoms with Gasteiger partial charge in [-0.05, 0) is 41.8 Å². The highest BCUT2D eigenvalue weighted by molar-refractivity contribution is 6.05. The van der Waals surface area contributed by atoms with Gasteiger partial charge < -0.3 is 19.5 Å². The van der Waals surface area contributed by atoms with Crippen molar-refractivity contribution in [1.29, 1.82) is 0 Å². The van der Waals surface area contributed by atoms with Crippen LogP contribution in [0.3, 0.4) is 0 Å². The quantitative estimate of drug-likeness (QED) is 0.469. The summed E-state index contributed by atoms with van der Waals surface area (Å²) in [5.41, 5.74) is 2.25. The van der Waals surface area contributed by atoms with Crippen LogP contribution in [0, 0.1) is 5.82 Å². The lowest BCUT2D eigenvalue weighted by molar-refractivity contribution is -0.145. The number of carbonyl (C=O) groups is 1. The molecule has 0 atom stereocenters. The van der Waals surface area contributed by atoms with Gasteiger partial charge in [0.25, 0.3) is 0 Å². The monoisotopic (exact) mass is 397 g/mol. The van der Waals surface area contributed by atoms with Gasteiger partial charge in [-0.15, -0.1) is 0 Å². The van der Waals surface area contributed by atoms with E-state index >= 15 is 0 Å². The summed E-state index contributed by atoms with van der Waals surface area (Å²) in [6.45, 7) is 1.33. The second-order valence-corrected chi connectivity index (χ2v) is 6.52. The summed E-state index contributed by atoms with van der Waals surface area (Å²) in [7, 11) is 3.17. The van der Waals surface area contributed by atoms with Gasteiger partial charge in [-0.2, -0.15) is 0 Å². The van der Waals surface area contributed by atoms with Crippen LogP contribution in [0.1, 0.15) is 6.92 Å². The van der Waals surface area contributed by atoms with E-state index in [1.807, 2.05) is 18.2 Å². The molecule has 0 aromatic heterocycles. The van der Waals surface area contributed by atoms with E-state index in [9.17, 15) is 9.18 Å². The van der Waals surface area contributed by atoms with Crippen LogP contribution in [-0.4, -0.2) is 30.0 Å². The standard InChI is InChI=1S/C21H20FN3O4/c1-12(26)29-11-25-21(23-15-6-4-5-14(22)9-15)17-7-13-8-18(27-2)19(28-3)10-16(13)20(17)24-25/h4-10,23-24H,11H2,1-3H3. The smallest absolute Gasteiger partial charge is 0.304 e. The van der Waals surface area contributed by atoms with Gasteiger partial charge in [0.2, 0.25) is 0 Å². The molecule has 8 heteroatoms. The fraction of sp³-hybridized carbons (Fsp3) is 0.190. The number of carbonyl (C=O) groups excluding carboxylic acids is 1. The number of nitrogens with one attached hydrogen (secondary N) is 2. The summed E-state index contributed by atoms with van der Waals surface area (Å²) < 4.78 is 31.3. The summed E-state index contributed by atoms with van der Waals surface area (Å²) in [6.07, 6.45) is 0. The number of halogens is 1. The Morgan fingerprint density at radius 2 is 1.90 bits per heavy atom. The van der Waals surface area contributed by atoms with Crippen molar-refractivity contribution in [3.63, 3.8) is 0 Å². The molecule has 2 N–H and O–H groups in total. The van der Waals surface area contributed by atoms with Crippen LogP contribution in [0.4, 0.5) is 15.9 Å². The molecule has 0 saturated heterocycles. The van der Waals surface area contributed by atoms with Crippen molar-refractivity contribution in [3.8, 4) is 22.8 Å². The minimum Gasteiger partial charge on any atom is -0.493 e. The van der Waals surface area contributed by atoms with Crippen molar-refractivity contribution in [1.82, 2.24) is 9.78 Å². The Balaban J connectivity index is 1.86. The Labute approximate surface area is 166 Å². The summed E-state index contributed by atoms with van der Waals surface area (Å²) >= 11 is 0. The molecule has 2 aromatic rings. The molecule has 150 valence electrons. The first-order chi connectivity index (χ1) is 14.0. The Morgan fingerprint density at radius 1 is 1.14 bits per heavy atom. The molecule has 2 aliphatic rings. The van der Waals surface area contributed by atoms with Crippen LogP contribution in [0.25, 0.3) is 22.0 Å². The number of aromatic amines is 1. The minimum atomic E-state index is -0.403. The summed E-state index contributed by atoms with van der Waals surface area (Å²) in [5, 5.41) is 8.34. The molecule has 0 saturated carbocycles. The highest BCUT2D eigenvalue weighted by Gasteiger charge is 2.22. The summed E-state index contributed by atoms with van der Waals surface area (Å²) in [5.74, 6) is 1.12. The number of ether oxygens (including phenoxy) is 3. The lowest BCUT2D eigenvalue weighted by Gasteiger charge is -2.11. The zero-order valence-electron chi connectivity index (χ0n) is 16.2. The predicted octanol–water partition coefficient (Wildman–Crippen LogP) is 4.49. The molecule has 1 heterocycles. The van der Waals surface area contributed by atoms with E-state index in [-0.39, 0.29) is 12.5 Å². The third kappa shape index (κ3) is 3.44. The van der Waals surface area contributed by atoms with Gasteiger partial charge in [0.1, 0.15) is 11.6 Å². The molecular weight excluding hydrogens is 377 g/mol. The van der Waals surface area contributed by atoms with Crippen LogP contribution < -0.4 is 14.8 Å². The van der Waals surface area contributed by atoms with Gasteiger partial charge in [0.15, 0.2) is 18.2 Å². The van der Waals surface area contributed by atoms with Crippen LogP contribution in [0.5, 0.6) is 11.5 Å². The molecule has 0 fully saturated rings. The maximum atomic E-state index is 13.6. The number of methoxy groups -OCH3 is 2. The molecule has 4 rings (SSSR count). The topological polar surface area (TPSA) is 77.5 Å². The SMILES string of the molecule is COc1cc2cc3c(Nc4cccc(F)c4)n(COC(C)=O)[nH]c-3c2cc1OC. The first-order valence-corrected chi connectivity index (χ1v) is 8.93. The third-order valence-electron chi connectivity index (χ3n) is 4.65. The zero-order valence-corrected chi connectivity index (χ0v) is 16.2. The molecule has 0 amide bonds. The first-order valence-electron chi connectivity index (χ1n) is 8.93. The lowest BCUT2D eigenvalue weighted by Crippen LogP contribution is -2.10. The second-order valence-electron chi connectivity index (χ2n) is 6.52. The number of anilines is 2. The van der Waals surface area contributed by atoms with E-state index in [1.165, 1.54) is 19.1 Å². The van der Waals surface area contributed by atoms with Crippen molar-refractivity contribution in [2.75, 3.05) is 19.5 Å². The second kappa shape index (κ2) is 7.38. The van der Waals surface area contributed by atoms with E-state index < -0.39 is 5.97 Å². The van der Waals surface area contributed by atoms with Crippen molar-refractivity contribution >= 4 is 28.2 Å². The van der Waals surface area contributed by atoms with Crippen LogP contribution >= 0.6 is 0 Å². The van der Waals surface area contributed by atoms with Crippen LogP contribution in [-0.2, 0) is 16.3 Å². The maximum Gasteiger partial charge on any atom is 0.304 e. The minimum absolute atomic E-state index is 0.0174. The number of fused-ring (bicyclic) bond motifs is 3. The summed E-state index contributed by atoms with van der Waals surface area (Å²) in [6, 6.07) is 11.9. The Kier molecular flexibility index (Phi) is 4.75. The maximum absolute atomic E-state index is 13.6. The Hall–Kier alpha value is -3.68. The van der Waals surface area contributed by atoms with E-state index in [1.54, 1.807) is 31.0 Å². The first kappa shape index (κ1) is 18.7. The van der Waals surface area contributed by atoms with Crippen LogP contribution in [0.2, 0.25) is 0 Å². The van der Waals surface area contributed by atoms with Crippen molar-refractivity contribution in [2.24, 2.45) is 0 Å². The van der Waals surface area contributed by atoms with Gasteiger partial charge in [-0.1, -0.05) is 6.07 Å². The molecule has 29 heavy (non-hydrogen) atoms.